The van der Waals surface area contributed by atoms with Crippen LogP contribution >= 0.6 is 23.4 Å². The van der Waals surface area contributed by atoms with Gasteiger partial charge in [-0.25, -0.2) is 9.34 Å². The Balaban J connectivity index is 2.72. The summed E-state index contributed by atoms with van der Waals surface area (Å²) in [5, 5.41) is 0.818. The molecule has 0 bridgehead atoms. The van der Waals surface area contributed by atoms with Crippen molar-refractivity contribution in [2.75, 3.05) is 38.7 Å². The summed E-state index contributed by atoms with van der Waals surface area (Å²) < 4.78 is 16.1. The zero-order valence-electron chi connectivity index (χ0n) is 6.96. The van der Waals surface area contributed by atoms with E-state index in [1.807, 2.05) is 23.4 Å². The van der Waals surface area contributed by atoms with Crippen LogP contribution in [0.25, 0.3) is 0 Å². The second kappa shape index (κ2) is 3.56. The molecule has 0 aromatic carbocycles. The van der Waals surface area contributed by atoms with Gasteiger partial charge in [0, 0.05) is 24.6 Å². The maximum atomic E-state index is 12.1. The Labute approximate surface area is 76.3 Å². The van der Waals surface area contributed by atoms with Crippen molar-refractivity contribution >= 4 is 23.4 Å². The van der Waals surface area contributed by atoms with Crippen LogP contribution in [-0.4, -0.2) is 48.0 Å². The molecule has 0 spiro atoms. The van der Waals surface area contributed by atoms with Gasteiger partial charge in [0.15, 0.2) is 0 Å². The molecule has 0 amide bonds. The minimum atomic E-state index is -2.13. The van der Waals surface area contributed by atoms with Gasteiger partial charge in [-0.3, -0.25) is 4.57 Å². The molecule has 1 aliphatic rings. The van der Waals surface area contributed by atoms with E-state index in [2.05, 4.69) is 15.9 Å². The maximum absolute atomic E-state index is 12.1. The third kappa shape index (κ3) is 1.69. The summed E-state index contributed by atoms with van der Waals surface area (Å²) in [5.74, 6) is 0. The van der Waals surface area contributed by atoms with Crippen molar-refractivity contribution < 1.29 is 4.57 Å². The Morgan fingerprint density at radius 3 is 2.18 bits per heavy atom. The lowest BCUT2D eigenvalue weighted by atomic mass is 10.6. The van der Waals surface area contributed by atoms with E-state index < -0.39 is 7.44 Å². The molecule has 3 nitrogen and oxygen atoms in total. The van der Waals surface area contributed by atoms with Gasteiger partial charge in [0.2, 0.25) is 7.44 Å². The van der Waals surface area contributed by atoms with Crippen LogP contribution in [0.4, 0.5) is 0 Å². The van der Waals surface area contributed by atoms with E-state index >= 15 is 0 Å². The number of likely N-dealkylation sites (N-methyl/N-ethyl adjacent to an activating group) is 2. The highest BCUT2D eigenvalue weighted by Crippen LogP contribution is 2.54. The molecule has 0 N–H and O–H groups in total. The zero-order chi connectivity index (χ0) is 8.48. The molecule has 0 saturated carbocycles. The molecule has 0 radical (unpaired) electrons. The second-order valence-corrected chi connectivity index (χ2v) is 6.78. The normalized spacial score (nSPS) is 26.1. The molecule has 1 saturated heterocycles. The second-order valence-electron chi connectivity index (χ2n) is 2.84. The standard InChI is InChI=1S/C6H14BrN2OP/c1-8-4-5-9(2)11(8,10)6-3-7/h3-6H2,1-2H3. The van der Waals surface area contributed by atoms with E-state index in [0.717, 1.165) is 24.6 Å². The number of halogens is 1. The van der Waals surface area contributed by atoms with E-state index in [9.17, 15) is 4.57 Å². The minimum Gasteiger partial charge on any atom is -0.289 e. The summed E-state index contributed by atoms with van der Waals surface area (Å²) in [4.78, 5) is 0. The third-order valence-electron chi connectivity index (χ3n) is 2.19. The Morgan fingerprint density at radius 1 is 1.36 bits per heavy atom. The van der Waals surface area contributed by atoms with Crippen molar-refractivity contribution in [3.8, 4) is 0 Å². The molecule has 0 aliphatic carbocycles. The van der Waals surface area contributed by atoms with E-state index in [-0.39, 0.29) is 0 Å². The van der Waals surface area contributed by atoms with E-state index in [4.69, 9.17) is 0 Å². The van der Waals surface area contributed by atoms with Crippen LogP contribution in [0.2, 0.25) is 0 Å². The van der Waals surface area contributed by atoms with Crippen molar-refractivity contribution in [2.24, 2.45) is 0 Å². The number of nitrogens with zero attached hydrogens (tertiary/aromatic N) is 2. The molecule has 66 valence electrons. The molecule has 0 aromatic rings. The maximum Gasteiger partial charge on any atom is 0.216 e. The Morgan fingerprint density at radius 2 is 1.82 bits per heavy atom. The van der Waals surface area contributed by atoms with Crippen LogP contribution in [-0.2, 0) is 4.57 Å². The van der Waals surface area contributed by atoms with Gasteiger partial charge in [-0.2, -0.15) is 0 Å². The fourth-order valence-corrected chi connectivity index (χ4v) is 4.93. The largest absolute Gasteiger partial charge is 0.289 e. The highest BCUT2D eigenvalue weighted by molar-refractivity contribution is 9.09. The van der Waals surface area contributed by atoms with Crippen LogP contribution < -0.4 is 0 Å². The molecule has 1 rings (SSSR count). The van der Waals surface area contributed by atoms with Gasteiger partial charge in [0.05, 0.1) is 0 Å². The first-order chi connectivity index (χ1) is 5.11. The van der Waals surface area contributed by atoms with Gasteiger partial charge >= 0.3 is 0 Å². The average Bonchev–Trinajstić information content (AvgIpc) is 2.19. The number of hydrogen-bond donors (Lipinski definition) is 0. The van der Waals surface area contributed by atoms with Gasteiger partial charge in [-0.15, -0.1) is 0 Å². The average molecular weight is 241 g/mol. The Kier molecular flexibility index (Phi) is 3.15. The SMILES string of the molecule is CN1CCN(C)P1(=O)CCBr. The molecule has 11 heavy (non-hydrogen) atoms. The Hall–Kier alpha value is 0.630. The molecular formula is C6H14BrN2OP. The van der Waals surface area contributed by atoms with Gasteiger partial charge in [-0.1, -0.05) is 15.9 Å². The molecule has 0 atom stereocenters. The first-order valence-electron chi connectivity index (χ1n) is 3.69. The molecule has 1 aliphatic heterocycles. The molecule has 1 fully saturated rings. The van der Waals surface area contributed by atoms with Crippen molar-refractivity contribution in [2.45, 2.75) is 0 Å². The topological polar surface area (TPSA) is 23.6 Å². The lowest BCUT2D eigenvalue weighted by Gasteiger charge is -2.24. The highest BCUT2D eigenvalue weighted by atomic mass is 79.9. The summed E-state index contributed by atoms with van der Waals surface area (Å²) >= 11 is 3.32. The van der Waals surface area contributed by atoms with Crippen molar-refractivity contribution in [1.82, 2.24) is 9.34 Å². The number of alkyl halides is 1. The van der Waals surface area contributed by atoms with E-state index in [1.54, 1.807) is 0 Å². The van der Waals surface area contributed by atoms with Gasteiger partial charge in [-0.05, 0) is 14.1 Å². The molecule has 1 heterocycles. The number of rotatable bonds is 2. The molecular weight excluding hydrogens is 227 g/mol. The summed E-state index contributed by atoms with van der Waals surface area (Å²) in [6.07, 6.45) is 0.750. The first-order valence-corrected chi connectivity index (χ1v) is 6.61. The van der Waals surface area contributed by atoms with Crippen molar-refractivity contribution in [3.63, 3.8) is 0 Å². The molecule has 0 aromatic heterocycles. The van der Waals surface area contributed by atoms with Crippen LogP contribution in [0, 0.1) is 0 Å². The fourth-order valence-electron chi connectivity index (χ4n) is 1.31. The van der Waals surface area contributed by atoms with Crippen LogP contribution in [0.15, 0.2) is 0 Å². The minimum absolute atomic E-state index is 0.750. The first kappa shape index (κ1) is 9.72. The zero-order valence-corrected chi connectivity index (χ0v) is 9.44. The smallest absolute Gasteiger partial charge is 0.216 e. The van der Waals surface area contributed by atoms with Crippen LogP contribution in [0.1, 0.15) is 0 Å². The summed E-state index contributed by atoms with van der Waals surface area (Å²) in [7, 11) is 1.74. The van der Waals surface area contributed by atoms with E-state index in [0.29, 0.717) is 0 Å². The molecule has 0 unspecified atom stereocenters. The van der Waals surface area contributed by atoms with Crippen molar-refractivity contribution in [1.29, 1.82) is 0 Å². The Bertz CT molecular complexity index is 173. The fraction of sp³-hybridized carbons (Fsp3) is 1.00. The summed E-state index contributed by atoms with van der Waals surface area (Å²) in [6, 6.07) is 0. The van der Waals surface area contributed by atoms with Crippen LogP contribution in [0.3, 0.4) is 0 Å². The molecule has 5 heteroatoms. The highest BCUT2D eigenvalue weighted by Gasteiger charge is 2.36. The van der Waals surface area contributed by atoms with Gasteiger partial charge < -0.3 is 0 Å². The third-order valence-corrected chi connectivity index (χ3v) is 6.54. The quantitative estimate of drug-likeness (QED) is 0.540. The van der Waals surface area contributed by atoms with Gasteiger partial charge in [0.1, 0.15) is 0 Å². The summed E-state index contributed by atoms with van der Waals surface area (Å²) in [6.45, 7) is 1.86. The van der Waals surface area contributed by atoms with Crippen molar-refractivity contribution in [3.05, 3.63) is 0 Å². The predicted octanol–water partition coefficient (Wildman–Crippen LogP) is 1.45. The van der Waals surface area contributed by atoms with E-state index in [1.165, 1.54) is 0 Å². The monoisotopic (exact) mass is 240 g/mol. The number of hydrogen-bond acceptors (Lipinski definition) is 1. The lowest BCUT2D eigenvalue weighted by Crippen LogP contribution is -2.16. The van der Waals surface area contributed by atoms with Gasteiger partial charge in [0.25, 0.3) is 0 Å². The predicted molar refractivity (Wildman–Crippen MR) is 51.5 cm³/mol. The lowest BCUT2D eigenvalue weighted by molar-refractivity contribution is 0.491. The summed E-state index contributed by atoms with van der Waals surface area (Å²) in [5.41, 5.74) is 0. The van der Waals surface area contributed by atoms with Crippen LogP contribution in [0.5, 0.6) is 0 Å².